The van der Waals surface area contributed by atoms with Gasteiger partial charge in [0.25, 0.3) is 8.32 Å². The van der Waals surface area contributed by atoms with Crippen LogP contribution in [-0.4, -0.2) is 69.3 Å². The smallest absolute Gasteiger partial charge is 0.250 e. The summed E-state index contributed by atoms with van der Waals surface area (Å²) in [6.45, 7) is 10.5. The highest BCUT2D eigenvalue weighted by atomic mass is 32.2. The summed E-state index contributed by atoms with van der Waals surface area (Å²) in [6.07, 6.45) is 3.36. The number of anilines is 2. The molecule has 0 radical (unpaired) electrons. The molecule has 2 heterocycles. The predicted molar refractivity (Wildman–Crippen MR) is 144 cm³/mol. The summed E-state index contributed by atoms with van der Waals surface area (Å²) in [5.41, 5.74) is 5.15. The Balaban J connectivity index is 1.89. The Morgan fingerprint density at radius 3 is 2.34 bits per heavy atom. The van der Waals surface area contributed by atoms with E-state index in [2.05, 4.69) is 15.3 Å². The molecular formula is C24H35F2N5O5SSi. The maximum absolute atomic E-state index is 15.0. The summed E-state index contributed by atoms with van der Waals surface area (Å²) in [6, 6.07) is 0.776. The molecule has 1 aliphatic rings. The number of methoxy groups -OCH3 is 1. The third-order valence-electron chi connectivity index (χ3n) is 7.06. The molecule has 14 heteroatoms. The lowest BCUT2D eigenvalue weighted by atomic mass is 10.0. The molecule has 0 spiro atoms. The van der Waals surface area contributed by atoms with E-state index in [0.717, 1.165) is 12.3 Å². The number of nitrogens with one attached hydrogen (secondary N) is 1. The fourth-order valence-corrected chi connectivity index (χ4v) is 5.67. The first-order valence-electron chi connectivity index (χ1n) is 12.1. The third kappa shape index (κ3) is 6.23. The molecule has 2 aromatic rings. The summed E-state index contributed by atoms with van der Waals surface area (Å²) in [4.78, 5) is 21.7. The molecule has 10 nitrogen and oxygen atoms in total. The van der Waals surface area contributed by atoms with E-state index >= 15 is 4.39 Å². The molecular weight excluding hydrogens is 536 g/mol. The van der Waals surface area contributed by atoms with E-state index in [1.807, 2.05) is 33.9 Å². The topological polar surface area (TPSA) is 137 Å². The van der Waals surface area contributed by atoms with Crippen molar-refractivity contribution in [1.82, 2.24) is 14.3 Å². The van der Waals surface area contributed by atoms with Crippen molar-refractivity contribution in [2.75, 3.05) is 37.5 Å². The lowest BCUT2D eigenvalue weighted by molar-refractivity contribution is 0.103. The molecule has 38 heavy (non-hydrogen) atoms. The minimum Gasteiger partial charge on any atom is -0.541 e. The van der Waals surface area contributed by atoms with Crippen molar-refractivity contribution >= 4 is 35.9 Å². The van der Waals surface area contributed by atoms with E-state index in [4.69, 9.17) is 14.9 Å². The second-order valence-corrected chi connectivity index (χ2v) is 17.6. The molecule has 1 aromatic heterocycles. The monoisotopic (exact) mass is 571 g/mol. The van der Waals surface area contributed by atoms with E-state index < -0.39 is 41.3 Å². The maximum Gasteiger partial charge on any atom is 0.250 e. The van der Waals surface area contributed by atoms with Gasteiger partial charge in [0, 0.05) is 31.4 Å². The lowest BCUT2D eigenvalue weighted by Crippen LogP contribution is -2.44. The van der Waals surface area contributed by atoms with Gasteiger partial charge in [-0.1, -0.05) is 20.8 Å². The molecule has 1 saturated heterocycles. The largest absolute Gasteiger partial charge is 0.541 e. The number of carbonyl (C=O) groups is 1. The van der Waals surface area contributed by atoms with Gasteiger partial charge in [-0.3, -0.25) is 4.79 Å². The molecule has 0 saturated carbocycles. The summed E-state index contributed by atoms with van der Waals surface area (Å²) in [5.74, 6) is -4.03. The van der Waals surface area contributed by atoms with Gasteiger partial charge in [-0.2, -0.15) is 4.98 Å². The van der Waals surface area contributed by atoms with E-state index in [1.54, 1.807) is 0 Å². The van der Waals surface area contributed by atoms with Gasteiger partial charge < -0.3 is 20.2 Å². The van der Waals surface area contributed by atoms with Crippen LogP contribution in [0.15, 0.2) is 12.3 Å². The van der Waals surface area contributed by atoms with Gasteiger partial charge in [-0.25, -0.2) is 26.5 Å². The zero-order valence-electron chi connectivity index (χ0n) is 22.7. The van der Waals surface area contributed by atoms with Crippen molar-refractivity contribution in [1.29, 1.82) is 0 Å². The number of sulfonamides is 1. The highest BCUT2D eigenvalue weighted by molar-refractivity contribution is 7.88. The van der Waals surface area contributed by atoms with Crippen LogP contribution in [0.25, 0.3) is 0 Å². The molecule has 0 amide bonds. The predicted octanol–water partition coefficient (Wildman–Crippen LogP) is 3.80. The first kappa shape index (κ1) is 29.7. The van der Waals surface area contributed by atoms with Gasteiger partial charge in [0.15, 0.2) is 23.1 Å². The molecule has 210 valence electrons. The Kier molecular flexibility index (Phi) is 8.39. The van der Waals surface area contributed by atoms with Crippen LogP contribution in [0.5, 0.6) is 11.5 Å². The van der Waals surface area contributed by atoms with Gasteiger partial charge in [-0.15, -0.1) is 0 Å². The second-order valence-electron chi connectivity index (χ2n) is 10.8. The number of hydrogen-bond donors (Lipinski definition) is 2. The highest BCUT2D eigenvalue weighted by Crippen LogP contribution is 2.43. The number of carbonyl (C=O) groups excluding carboxylic acids is 1. The van der Waals surface area contributed by atoms with Gasteiger partial charge in [-0.05, 0) is 31.0 Å². The third-order valence-corrected chi connectivity index (χ3v) is 12.7. The van der Waals surface area contributed by atoms with Crippen LogP contribution < -0.4 is 20.2 Å². The number of aromatic nitrogens is 2. The Morgan fingerprint density at radius 2 is 1.84 bits per heavy atom. The van der Waals surface area contributed by atoms with E-state index in [0.29, 0.717) is 25.9 Å². The van der Waals surface area contributed by atoms with Crippen LogP contribution in [0.3, 0.4) is 0 Å². The number of benzene rings is 1. The Morgan fingerprint density at radius 1 is 1.24 bits per heavy atom. The van der Waals surface area contributed by atoms with Gasteiger partial charge in [0.1, 0.15) is 11.4 Å². The van der Waals surface area contributed by atoms with E-state index in [9.17, 15) is 17.6 Å². The zero-order valence-corrected chi connectivity index (χ0v) is 24.5. The van der Waals surface area contributed by atoms with Gasteiger partial charge in [0.05, 0.1) is 18.9 Å². The number of ether oxygens (including phenoxy) is 1. The van der Waals surface area contributed by atoms with Crippen molar-refractivity contribution in [3.8, 4) is 11.5 Å². The number of hydrogen-bond acceptors (Lipinski definition) is 9. The Bertz CT molecular complexity index is 1330. The average molecular weight is 572 g/mol. The quantitative estimate of drug-likeness (QED) is 0.358. The summed E-state index contributed by atoms with van der Waals surface area (Å²) in [5, 5.41) is 2.83. The molecule has 1 aromatic carbocycles. The molecule has 1 aliphatic heterocycles. The molecule has 0 bridgehead atoms. The number of ketones is 1. The summed E-state index contributed by atoms with van der Waals surface area (Å²) in [7, 11) is -4.52. The number of nitrogen functional groups attached to an aromatic ring is 1. The standard InChI is InChI=1S/C24H35F2N5O5SSi/c1-24(2,3)38(6,7)36-17-12-16(25)19(26)18(21(17)35-4)20(32)15-13-28-23(30-22(15)27)29-14-8-10-31(11-9-14)37(5,33)34/h12-14H,8-11H2,1-7H3,(H3,27,28,29,30). The number of rotatable bonds is 8. The SMILES string of the molecule is COc1c(O[Si](C)(C)C(C)(C)C)cc(F)c(F)c1C(=O)c1cnc(NC2CCN(S(C)(=O)=O)CC2)nc1N. The van der Waals surface area contributed by atoms with Gasteiger partial charge >= 0.3 is 0 Å². The minimum absolute atomic E-state index is 0.0699. The van der Waals surface area contributed by atoms with Crippen LogP contribution in [0, 0.1) is 11.6 Å². The Labute approximate surface area is 223 Å². The van der Waals surface area contributed by atoms with E-state index in [1.165, 1.54) is 17.7 Å². The number of halogens is 2. The first-order chi connectivity index (χ1) is 17.5. The fourth-order valence-electron chi connectivity index (χ4n) is 3.78. The van der Waals surface area contributed by atoms with Crippen LogP contribution >= 0.6 is 0 Å². The zero-order chi connectivity index (χ0) is 28.6. The summed E-state index contributed by atoms with van der Waals surface area (Å²) >= 11 is 0. The second kappa shape index (κ2) is 10.7. The number of piperidine rings is 1. The number of nitrogens with two attached hydrogens (primary N) is 1. The fraction of sp³-hybridized carbons (Fsp3) is 0.542. The molecule has 0 unspecified atom stereocenters. The average Bonchev–Trinajstić information content (AvgIpc) is 2.79. The van der Waals surface area contributed by atoms with E-state index in [-0.39, 0.29) is 39.9 Å². The molecule has 0 aliphatic carbocycles. The minimum atomic E-state index is -3.26. The highest BCUT2D eigenvalue weighted by Gasteiger charge is 2.41. The van der Waals surface area contributed by atoms with Crippen LogP contribution in [0.2, 0.25) is 18.1 Å². The van der Waals surface area contributed by atoms with Crippen molar-refractivity contribution < 1.29 is 31.2 Å². The van der Waals surface area contributed by atoms with Crippen molar-refractivity contribution in [3.05, 3.63) is 35.0 Å². The first-order valence-corrected chi connectivity index (χ1v) is 16.9. The van der Waals surface area contributed by atoms with Crippen LogP contribution in [0.4, 0.5) is 20.5 Å². The molecule has 3 rings (SSSR count). The lowest BCUT2D eigenvalue weighted by Gasteiger charge is -2.37. The van der Waals surface area contributed by atoms with Crippen molar-refractivity contribution in [3.63, 3.8) is 0 Å². The molecule has 3 N–H and O–H groups in total. The van der Waals surface area contributed by atoms with Crippen molar-refractivity contribution in [2.24, 2.45) is 0 Å². The maximum atomic E-state index is 15.0. The van der Waals surface area contributed by atoms with Gasteiger partial charge in [0.2, 0.25) is 21.8 Å². The van der Waals surface area contributed by atoms with Crippen LogP contribution in [-0.2, 0) is 10.0 Å². The molecule has 1 fully saturated rings. The Hall–Kier alpha value is -2.84. The summed E-state index contributed by atoms with van der Waals surface area (Å²) < 4.78 is 66.0. The van der Waals surface area contributed by atoms with Crippen LogP contribution in [0.1, 0.15) is 49.5 Å². The van der Waals surface area contributed by atoms with Crippen molar-refractivity contribution in [2.45, 2.75) is 57.8 Å². The number of nitrogens with zero attached hydrogens (tertiary/aromatic N) is 3. The normalized spacial score (nSPS) is 15.8. The molecule has 0 atom stereocenters.